The fourth-order valence-electron chi connectivity index (χ4n) is 2.71. The number of nitrogens with zero attached hydrogens (tertiary/aromatic N) is 2. The topological polar surface area (TPSA) is 52.7 Å². The molecule has 2 amide bonds. The zero-order chi connectivity index (χ0) is 16.2. The molecule has 120 valence electrons. The molecule has 1 aliphatic heterocycles. The first-order chi connectivity index (χ1) is 11.1. The van der Waals surface area contributed by atoms with Gasteiger partial charge in [0, 0.05) is 44.5 Å². The molecule has 1 aromatic heterocycles. The van der Waals surface area contributed by atoms with Crippen LogP contribution in [0.1, 0.15) is 16.6 Å². The van der Waals surface area contributed by atoms with E-state index in [-0.39, 0.29) is 11.8 Å². The van der Waals surface area contributed by atoms with Gasteiger partial charge in [-0.25, -0.2) is 0 Å². The smallest absolute Gasteiger partial charge is 0.264 e. The largest absolute Gasteiger partial charge is 0.368 e. The lowest BCUT2D eigenvalue weighted by Gasteiger charge is -2.36. The highest BCUT2D eigenvalue weighted by atomic mass is 32.1. The van der Waals surface area contributed by atoms with Gasteiger partial charge in [-0.3, -0.25) is 9.59 Å². The van der Waals surface area contributed by atoms with Crippen LogP contribution in [0, 0.1) is 0 Å². The van der Waals surface area contributed by atoms with Crippen molar-refractivity contribution in [1.82, 2.24) is 4.90 Å². The molecule has 0 aliphatic carbocycles. The van der Waals surface area contributed by atoms with Crippen LogP contribution >= 0.6 is 11.3 Å². The Labute approximate surface area is 139 Å². The molecular formula is C17H19N3O2S. The number of rotatable bonds is 3. The number of carbonyl (C=O) groups is 2. The zero-order valence-corrected chi connectivity index (χ0v) is 13.8. The van der Waals surface area contributed by atoms with Crippen molar-refractivity contribution in [2.75, 3.05) is 36.4 Å². The van der Waals surface area contributed by atoms with E-state index >= 15 is 0 Å². The van der Waals surface area contributed by atoms with Crippen LogP contribution in [0.3, 0.4) is 0 Å². The van der Waals surface area contributed by atoms with Crippen LogP contribution in [0.5, 0.6) is 0 Å². The maximum atomic E-state index is 12.3. The van der Waals surface area contributed by atoms with E-state index in [4.69, 9.17) is 0 Å². The van der Waals surface area contributed by atoms with Crippen molar-refractivity contribution in [1.29, 1.82) is 0 Å². The van der Waals surface area contributed by atoms with E-state index in [1.165, 1.54) is 18.3 Å². The number of anilines is 2. The Bertz CT molecular complexity index is 692. The lowest BCUT2D eigenvalue weighted by Crippen LogP contribution is -2.48. The molecule has 1 N–H and O–H groups in total. The van der Waals surface area contributed by atoms with Crippen LogP contribution in [0.2, 0.25) is 0 Å². The van der Waals surface area contributed by atoms with Crippen LogP contribution < -0.4 is 10.2 Å². The second-order valence-electron chi connectivity index (χ2n) is 5.49. The van der Waals surface area contributed by atoms with Crippen molar-refractivity contribution in [3.63, 3.8) is 0 Å². The van der Waals surface area contributed by atoms with Crippen molar-refractivity contribution < 1.29 is 9.59 Å². The Balaban J connectivity index is 1.63. The highest BCUT2D eigenvalue weighted by molar-refractivity contribution is 7.12. The summed E-state index contributed by atoms with van der Waals surface area (Å²) in [4.78, 5) is 28.5. The van der Waals surface area contributed by atoms with E-state index in [1.54, 1.807) is 0 Å². The van der Waals surface area contributed by atoms with Gasteiger partial charge in [0.05, 0.1) is 4.88 Å². The van der Waals surface area contributed by atoms with Crippen molar-refractivity contribution >= 4 is 34.5 Å². The van der Waals surface area contributed by atoms with Gasteiger partial charge in [-0.15, -0.1) is 11.3 Å². The molecule has 0 radical (unpaired) electrons. The van der Waals surface area contributed by atoms with E-state index in [0.717, 1.165) is 29.3 Å². The zero-order valence-electron chi connectivity index (χ0n) is 13.0. The van der Waals surface area contributed by atoms with Crippen LogP contribution in [0.4, 0.5) is 11.4 Å². The lowest BCUT2D eigenvalue weighted by molar-refractivity contribution is -0.114. The monoisotopic (exact) mass is 329 g/mol. The summed E-state index contributed by atoms with van der Waals surface area (Å²) in [5, 5.41) is 4.73. The second-order valence-corrected chi connectivity index (χ2v) is 6.44. The third-order valence-electron chi connectivity index (χ3n) is 3.83. The minimum absolute atomic E-state index is 0.0755. The van der Waals surface area contributed by atoms with Gasteiger partial charge in [-0.2, -0.15) is 0 Å². The van der Waals surface area contributed by atoms with E-state index in [2.05, 4.69) is 10.2 Å². The predicted molar refractivity (Wildman–Crippen MR) is 93.2 cm³/mol. The van der Waals surface area contributed by atoms with Gasteiger partial charge in [-0.05, 0) is 29.6 Å². The number of thiophene rings is 1. The Hall–Kier alpha value is -2.34. The molecule has 0 unspecified atom stereocenters. The summed E-state index contributed by atoms with van der Waals surface area (Å²) < 4.78 is 0. The van der Waals surface area contributed by atoms with E-state index in [0.29, 0.717) is 13.1 Å². The maximum Gasteiger partial charge on any atom is 0.264 e. The molecule has 3 rings (SSSR count). The van der Waals surface area contributed by atoms with Gasteiger partial charge < -0.3 is 15.1 Å². The number of hydrogen-bond donors (Lipinski definition) is 1. The molecule has 1 saturated heterocycles. The summed E-state index contributed by atoms with van der Waals surface area (Å²) in [6.45, 7) is 4.51. The summed E-state index contributed by atoms with van der Waals surface area (Å²) in [5.41, 5.74) is 1.87. The molecule has 0 bridgehead atoms. The molecule has 6 heteroatoms. The number of piperazine rings is 1. The number of amides is 2. The number of carbonyl (C=O) groups excluding carboxylic acids is 2. The minimum Gasteiger partial charge on any atom is -0.368 e. The number of hydrogen-bond acceptors (Lipinski definition) is 4. The van der Waals surface area contributed by atoms with E-state index in [9.17, 15) is 9.59 Å². The highest BCUT2D eigenvalue weighted by Crippen LogP contribution is 2.22. The maximum absolute atomic E-state index is 12.3. The Kier molecular flexibility index (Phi) is 4.62. The van der Waals surface area contributed by atoms with E-state index < -0.39 is 0 Å². The van der Waals surface area contributed by atoms with Crippen molar-refractivity contribution in [2.24, 2.45) is 0 Å². The molecule has 0 spiro atoms. The molecular weight excluding hydrogens is 310 g/mol. The van der Waals surface area contributed by atoms with Gasteiger partial charge in [0.2, 0.25) is 5.91 Å². The van der Waals surface area contributed by atoms with Crippen LogP contribution in [0.15, 0.2) is 41.8 Å². The predicted octanol–water partition coefficient (Wildman–Crippen LogP) is 2.67. The molecule has 5 nitrogen and oxygen atoms in total. The fraction of sp³-hybridized carbons (Fsp3) is 0.294. The average Bonchev–Trinajstić information content (AvgIpc) is 3.08. The minimum atomic E-state index is -0.0755. The van der Waals surface area contributed by atoms with Crippen LogP contribution in [-0.4, -0.2) is 42.9 Å². The van der Waals surface area contributed by atoms with Crippen molar-refractivity contribution in [3.8, 4) is 0 Å². The number of nitrogens with one attached hydrogen (secondary N) is 1. The lowest BCUT2D eigenvalue weighted by atomic mass is 10.2. The Morgan fingerprint density at radius 2 is 1.87 bits per heavy atom. The molecule has 2 aromatic rings. The first-order valence-electron chi connectivity index (χ1n) is 7.59. The first kappa shape index (κ1) is 15.6. The molecule has 0 atom stereocenters. The molecule has 23 heavy (non-hydrogen) atoms. The highest BCUT2D eigenvalue weighted by Gasteiger charge is 2.22. The summed E-state index contributed by atoms with van der Waals surface area (Å²) in [7, 11) is 0. The quantitative estimate of drug-likeness (QED) is 0.942. The fourth-order valence-corrected chi connectivity index (χ4v) is 3.40. The van der Waals surface area contributed by atoms with Crippen molar-refractivity contribution in [3.05, 3.63) is 46.7 Å². The number of benzene rings is 1. The second kappa shape index (κ2) is 6.83. The Morgan fingerprint density at radius 3 is 2.52 bits per heavy atom. The molecule has 1 aromatic carbocycles. The van der Waals surface area contributed by atoms with Gasteiger partial charge in [0.15, 0.2) is 0 Å². The van der Waals surface area contributed by atoms with Gasteiger partial charge in [-0.1, -0.05) is 12.1 Å². The molecule has 1 fully saturated rings. The average molecular weight is 329 g/mol. The molecule has 2 heterocycles. The summed E-state index contributed by atoms with van der Waals surface area (Å²) >= 11 is 1.48. The van der Waals surface area contributed by atoms with E-state index in [1.807, 2.05) is 46.7 Å². The summed E-state index contributed by atoms with van der Waals surface area (Å²) in [6, 6.07) is 11.6. The van der Waals surface area contributed by atoms with Gasteiger partial charge in [0.1, 0.15) is 0 Å². The first-order valence-corrected chi connectivity index (χ1v) is 8.47. The van der Waals surface area contributed by atoms with Crippen LogP contribution in [0.25, 0.3) is 0 Å². The summed E-state index contributed by atoms with van der Waals surface area (Å²) in [5.74, 6) is 0.0418. The Morgan fingerprint density at radius 1 is 1.09 bits per heavy atom. The summed E-state index contributed by atoms with van der Waals surface area (Å²) in [6.07, 6.45) is 0. The normalized spacial score (nSPS) is 14.7. The third-order valence-corrected chi connectivity index (χ3v) is 4.69. The molecule has 0 saturated carbocycles. The van der Waals surface area contributed by atoms with Gasteiger partial charge >= 0.3 is 0 Å². The molecule has 1 aliphatic rings. The van der Waals surface area contributed by atoms with Crippen LogP contribution in [-0.2, 0) is 4.79 Å². The van der Waals surface area contributed by atoms with Crippen molar-refractivity contribution in [2.45, 2.75) is 6.92 Å². The van der Waals surface area contributed by atoms with Gasteiger partial charge in [0.25, 0.3) is 5.91 Å². The SMILES string of the molecule is CC(=O)Nc1cccc(N2CCN(C(=O)c3cccs3)CC2)c1. The standard InChI is InChI=1S/C17H19N3O2S/c1-13(21)18-14-4-2-5-15(12-14)19-7-9-20(10-8-19)17(22)16-6-3-11-23-16/h2-6,11-12H,7-10H2,1H3,(H,18,21). The third kappa shape index (κ3) is 3.71.